The fourth-order valence-corrected chi connectivity index (χ4v) is 2.54. The van der Waals surface area contributed by atoms with Crippen molar-refractivity contribution in [2.45, 2.75) is 11.8 Å². The SMILES string of the molecule is CC(=O)c1ccccc1NC(=O)CSc1ccc(F)cc1F. The third-order valence-electron chi connectivity index (χ3n) is 2.83. The molecule has 0 radical (unpaired) electrons. The van der Waals surface area contributed by atoms with E-state index in [1.54, 1.807) is 24.3 Å². The van der Waals surface area contributed by atoms with Crippen LogP contribution in [0, 0.1) is 11.6 Å². The van der Waals surface area contributed by atoms with E-state index in [4.69, 9.17) is 0 Å². The zero-order valence-corrected chi connectivity index (χ0v) is 12.5. The third kappa shape index (κ3) is 4.14. The zero-order valence-electron chi connectivity index (χ0n) is 11.7. The molecule has 0 fully saturated rings. The molecule has 6 heteroatoms. The lowest BCUT2D eigenvalue weighted by Crippen LogP contribution is -2.16. The lowest BCUT2D eigenvalue weighted by molar-refractivity contribution is -0.113. The van der Waals surface area contributed by atoms with Gasteiger partial charge in [-0.2, -0.15) is 0 Å². The van der Waals surface area contributed by atoms with E-state index in [0.717, 1.165) is 23.9 Å². The Kier molecular flexibility index (Phi) is 5.27. The average molecular weight is 321 g/mol. The van der Waals surface area contributed by atoms with Crippen LogP contribution in [0.1, 0.15) is 17.3 Å². The van der Waals surface area contributed by atoms with Crippen LogP contribution in [0.4, 0.5) is 14.5 Å². The lowest BCUT2D eigenvalue weighted by atomic mass is 10.1. The molecular weight excluding hydrogens is 308 g/mol. The van der Waals surface area contributed by atoms with Crippen LogP contribution in [-0.4, -0.2) is 17.4 Å². The molecule has 0 saturated heterocycles. The minimum absolute atomic E-state index is 0.0468. The largest absolute Gasteiger partial charge is 0.325 e. The molecule has 114 valence electrons. The summed E-state index contributed by atoms with van der Waals surface area (Å²) >= 11 is 0.959. The minimum Gasteiger partial charge on any atom is -0.325 e. The van der Waals surface area contributed by atoms with Crippen molar-refractivity contribution in [3.63, 3.8) is 0 Å². The van der Waals surface area contributed by atoms with Crippen LogP contribution in [0.25, 0.3) is 0 Å². The zero-order chi connectivity index (χ0) is 16.1. The van der Waals surface area contributed by atoms with Gasteiger partial charge < -0.3 is 5.32 Å². The molecule has 3 nitrogen and oxygen atoms in total. The number of carbonyl (C=O) groups excluding carboxylic acids is 2. The average Bonchev–Trinajstić information content (AvgIpc) is 2.46. The molecule has 0 atom stereocenters. The molecule has 0 aromatic heterocycles. The fraction of sp³-hybridized carbons (Fsp3) is 0.125. The number of hydrogen-bond acceptors (Lipinski definition) is 3. The van der Waals surface area contributed by atoms with Gasteiger partial charge in [0.2, 0.25) is 5.91 Å². The first-order valence-electron chi connectivity index (χ1n) is 6.45. The predicted molar refractivity (Wildman–Crippen MR) is 82.2 cm³/mol. The van der Waals surface area contributed by atoms with Gasteiger partial charge in [-0.3, -0.25) is 9.59 Å². The Morgan fingerprint density at radius 2 is 1.86 bits per heavy atom. The van der Waals surface area contributed by atoms with Crippen molar-refractivity contribution in [3.8, 4) is 0 Å². The van der Waals surface area contributed by atoms with Crippen LogP contribution in [0.15, 0.2) is 47.4 Å². The van der Waals surface area contributed by atoms with E-state index in [-0.39, 0.29) is 22.3 Å². The van der Waals surface area contributed by atoms with Crippen molar-refractivity contribution in [2.24, 2.45) is 0 Å². The molecule has 0 aliphatic heterocycles. The smallest absolute Gasteiger partial charge is 0.234 e. The summed E-state index contributed by atoms with van der Waals surface area (Å²) in [5, 5.41) is 2.62. The predicted octanol–water partition coefficient (Wildman–Crippen LogP) is 3.90. The van der Waals surface area contributed by atoms with Crippen molar-refractivity contribution >= 4 is 29.1 Å². The second-order valence-corrected chi connectivity index (χ2v) is 5.53. The summed E-state index contributed by atoms with van der Waals surface area (Å²) in [5.41, 5.74) is 0.828. The van der Waals surface area contributed by atoms with Crippen LogP contribution in [0.3, 0.4) is 0 Å². The number of ketones is 1. The van der Waals surface area contributed by atoms with Crippen LogP contribution >= 0.6 is 11.8 Å². The van der Waals surface area contributed by atoms with Gasteiger partial charge in [0.05, 0.1) is 11.4 Å². The van der Waals surface area contributed by atoms with Crippen molar-refractivity contribution in [2.75, 3.05) is 11.1 Å². The molecule has 0 heterocycles. The topological polar surface area (TPSA) is 46.2 Å². The number of hydrogen-bond donors (Lipinski definition) is 1. The summed E-state index contributed by atoms with van der Waals surface area (Å²) in [4.78, 5) is 23.6. The van der Waals surface area contributed by atoms with Gasteiger partial charge in [-0.25, -0.2) is 8.78 Å². The van der Waals surface area contributed by atoms with Crippen molar-refractivity contribution < 1.29 is 18.4 Å². The molecule has 1 N–H and O–H groups in total. The van der Waals surface area contributed by atoms with Gasteiger partial charge in [-0.15, -0.1) is 11.8 Å². The Labute approximate surface area is 130 Å². The highest BCUT2D eigenvalue weighted by Crippen LogP contribution is 2.23. The molecule has 2 aromatic rings. The number of amides is 1. The number of Topliss-reactive ketones (excluding diaryl/α,β-unsaturated/α-hetero) is 1. The number of carbonyl (C=O) groups is 2. The van der Waals surface area contributed by atoms with Gasteiger partial charge in [-0.05, 0) is 31.2 Å². The number of rotatable bonds is 5. The summed E-state index contributed by atoms with van der Waals surface area (Å²) in [6.45, 7) is 1.41. The van der Waals surface area contributed by atoms with Crippen LogP contribution < -0.4 is 5.32 Å². The highest BCUT2D eigenvalue weighted by Gasteiger charge is 2.11. The van der Waals surface area contributed by atoms with E-state index in [0.29, 0.717) is 11.3 Å². The second-order valence-electron chi connectivity index (χ2n) is 4.51. The summed E-state index contributed by atoms with van der Waals surface area (Å²) in [5.74, 6) is -1.95. The standard InChI is InChI=1S/C16H13F2NO2S/c1-10(20)12-4-2-3-5-14(12)19-16(21)9-22-15-7-6-11(17)8-13(15)18/h2-8H,9H2,1H3,(H,19,21). The fourth-order valence-electron chi connectivity index (χ4n) is 1.82. The van der Waals surface area contributed by atoms with Gasteiger partial charge >= 0.3 is 0 Å². The number of nitrogens with one attached hydrogen (secondary N) is 1. The Bertz CT molecular complexity index is 719. The van der Waals surface area contributed by atoms with E-state index < -0.39 is 11.6 Å². The molecule has 22 heavy (non-hydrogen) atoms. The molecular formula is C16H13F2NO2S. The summed E-state index contributed by atoms with van der Waals surface area (Å²) in [6, 6.07) is 9.83. The maximum absolute atomic E-state index is 13.5. The first kappa shape index (κ1) is 16.2. The van der Waals surface area contributed by atoms with E-state index >= 15 is 0 Å². The van der Waals surface area contributed by atoms with E-state index in [1.807, 2.05) is 0 Å². The Morgan fingerprint density at radius 1 is 1.14 bits per heavy atom. The number of thioether (sulfide) groups is 1. The number of halogens is 2. The van der Waals surface area contributed by atoms with Gasteiger partial charge in [0.1, 0.15) is 11.6 Å². The van der Waals surface area contributed by atoms with E-state index in [2.05, 4.69) is 5.32 Å². The molecule has 0 aliphatic rings. The first-order chi connectivity index (χ1) is 10.5. The summed E-state index contributed by atoms with van der Waals surface area (Å²) in [7, 11) is 0. The number of anilines is 1. The molecule has 0 spiro atoms. The van der Waals surface area contributed by atoms with Crippen molar-refractivity contribution in [3.05, 3.63) is 59.7 Å². The third-order valence-corrected chi connectivity index (χ3v) is 3.88. The Hall–Kier alpha value is -2.21. The molecule has 0 bridgehead atoms. The van der Waals surface area contributed by atoms with E-state index in [9.17, 15) is 18.4 Å². The quantitative estimate of drug-likeness (QED) is 0.671. The second kappa shape index (κ2) is 7.17. The Morgan fingerprint density at radius 3 is 2.55 bits per heavy atom. The minimum atomic E-state index is -0.707. The molecule has 1 amide bonds. The van der Waals surface area contributed by atoms with Crippen LogP contribution in [0.2, 0.25) is 0 Å². The number of para-hydroxylation sites is 1. The molecule has 2 aromatic carbocycles. The lowest BCUT2D eigenvalue weighted by Gasteiger charge is -2.09. The van der Waals surface area contributed by atoms with Crippen LogP contribution in [0.5, 0.6) is 0 Å². The molecule has 0 saturated carbocycles. The highest BCUT2D eigenvalue weighted by atomic mass is 32.2. The molecule has 0 unspecified atom stereocenters. The van der Waals surface area contributed by atoms with Crippen molar-refractivity contribution in [1.82, 2.24) is 0 Å². The van der Waals surface area contributed by atoms with Gasteiger partial charge in [0, 0.05) is 16.5 Å². The molecule has 2 rings (SSSR count). The monoisotopic (exact) mass is 321 g/mol. The summed E-state index contributed by atoms with van der Waals surface area (Å²) < 4.78 is 26.3. The van der Waals surface area contributed by atoms with Crippen LogP contribution in [-0.2, 0) is 4.79 Å². The van der Waals surface area contributed by atoms with Gasteiger partial charge in [0.25, 0.3) is 0 Å². The van der Waals surface area contributed by atoms with E-state index in [1.165, 1.54) is 13.0 Å². The van der Waals surface area contributed by atoms with Gasteiger partial charge in [-0.1, -0.05) is 12.1 Å². The highest BCUT2D eigenvalue weighted by molar-refractivity contribution is 8.00. The maximum atomic E-state index is 13.5. The Balaban J connectivity index is 2.00. The maximum Gasteiger partial charge on any atom is 0.234 e. The molecule has 0 aliphatic carbocycles. The number of benzene rings is 2. The summed E-state index contributed by atoms with van der Waals surface area (Å²) in [6.07, 6.45) is 0. The van der Waals surface area contributed by atoms with Gasteiger partial charge in [0.15, 0.2) is 5.78 Å². The van der Waals surface area contributed by atoms with Crippen molar-refractivity contribution in [1.29, 1.82) is 0 Å². The normalized spacial score (nSPS) is 10.3. The first-order valence-corrected chi connectivity index (χ1v) is 7.43.